The molecule has 0 amide bonds. The first-order valence-corrected chi connectivity index (χ1v) is 6.08. The van der Waals surface area contributed by atoms with Gasteiger partial charge in [-0.3, -0.25) is 4.79 Å². The number of hydrogen-bond donors (Lipinski definition) is 0. The van der Waals surface area contributed by atoms with Gasteiger partial charge in [-0.05, 0) is 31.9 Å². The van der Waals surface area contributed by atoms with Crippen molar-refractivity contribution in [2.45, 2.75) is 0 Å². The van der Waals surface area contributed by atoms with Gasteiger partial charge < -0.3 is 0 Å². The van der Waals surface area contributed by atoms with Crippen molar-refractivity contribution in [1.29, 1.82) is 0 Å². The quantitative estimate of drug-likeness (QED) is 0.596. The molecule has 0 N–H and O–H groups in total. The molecule has 0 aliphatic carbocycles. The van der Waals surface area contributed by atoms with E-state index in [1.165, 1.54) is 11.3 Å². The summed E-state index contributed by atoms with van der Waals surface area (Å²) in [6, 6.07) is 0. The number of carbonyl (C=O) groups is 1. The van der Waals surface area contributed by atoms with Gasteiger partial charge in [0.2, 0.25) is 0 Å². The Bertz CT molecular complexity index is 285. The van der Waals surface area contributed by atoms with Gasteiger partial charge in [-0.25, -0.2) is 4.98 Å². The molecular weight excluding hydrogens is 362 g/mol. The van der Waals surface area contributed by atoms with Gasteiger partial charge in [-0.1, -0.05) is 27.3 Å². The average Bonchev–Trinajstić information content (AvgIpc) is 2.28. The van der Waals surface area contributed by atoms with E-state index < -0.39 is 0 Å². The molecule has 0 saturated carbocycles. The summed E-state index contributed by atoms with van der Waals surface area (Å²) < 4.78 is 1.49. The molecule has 0 atom stereocenters. The van der Waals surface area contributed by atoms with Crippen molar-refractivity contribution in [3.05, 3.63) is 13.4 Å². The van der Waals surface area contributed by atoms with Gasteiger partial charge in [-0.2, -0.15) is 0 Å². The third-order valence-electron chi connectivity index (χ3n) is 0.945. The Labute approximate surface area is 92.8 Å². The molecule has 2 nitrogen and oxygen atoms in total. The van der Waals surface area contributed by atoms with E-state index in [0.717, 1.165) is 3.79 Å². The molecule has 1 aromatic heterocycles. The second kappa shape index (κ2) is 4.11. The van der Waals surface area contributed by atoms with Crippen LogP contribution in [0.2, 0.25) is 0 Å². The van der Waals surface area contributed by atoms with Gasteiger partial charge in [-0.15, -0.1) is 0 Å². The standard InChI is InChI=1S/C5H2Br3NOS/c6-1-2(10)3-4(7)11-5(8)9-3/h1H2. The lowest BCUT2D eigenvalue weighted by molar-refractivity contribution is 0.101. The van der Waals surface area contributed by atoms with Crippen LogP contribution in [0.25, 0.3) is 0 Å². The van der Waals surface area contributed by atoms with Crippen LogP contribution in [0, 0.1) is 0 Å². The maximum absolute atomic E-state index is 11.1. The van der Waals surface area contributed by atoms with Crippen molar-refractivity contribution >= 4 is 64.9 Å². The smallest absolute Gasteiger partial charge is 0.193 e. The fraction of sp³-hybridized carbons (Fsp3) is 0.200. The van der Waals surface area contributed by atoms with Crippen molar-refractivity contribution in [2.24, 2.45) is 0 Å². The van der Waals surface area contributed by atoms with Crippen molar-refractivity contribution in [1.82, 2.24) is 4.98 Å². The topological polar surface area (TPSA) is 30.0 Å². The summed E-state index contributed by atoms with van der Waals surface area (Å²) in [4.78, 5) is 15.1. The lowest BCUT2D eigenvalue weighted by Crippen LogP contribution is -2.00. The van der Waals surface area contributed by atoms with Crippen molar-refractivity contribution in [3.8, 4) is 0 Å². The third-order valence-corrected chi connectivity index (χ3v) is 3.61. The van der Waals surface area contributed by atoms with Crippen LogP contribution in [-0.4, -0.2) is 16.1 Å². The summed E-state index contributed by atoms with van der Waals surface area (Å²) in [5.41, 5.74) is 0.485. The number of thiazole rings is 1. The van der Waals surface area contributed by atoms with E-state index in [4.69, 9.17) is 0 Å². The normalized spacial score (nSPS) is 10.1. The molecule has 1 aromatic rings. The molecule has 1 heterocycles. The molecule has 1 rings (SSSR count). The van der Waals surface area contributed by atoms with Crippen LogP contribution < -0.4 is 0 Å². The van der Waals surface area contributed by atoms with Crippen LogP contribution in [0.15, 0.2) is 7.70 Å². The summed E-state index contributed by atoms with van der Waals surface area (Å²) in [5.74, 6) is -0.0150. The van der Waals surface area contributed by atoms with E-state index >= 15 is 0 Å². The molecule has 0 bridgehead atoms. The van der Waals surface area contributed by atoms with Crippen molar-refractivity contribution in [2.75, 3.05) is 5.33 Å². The van der Waals surface area contributed by atoms with Crippen LogP contribution in [0.4, 0.5) is 0 Å². The third kappa shape index (κ3) is 2.34. The van der Waals surface area contributed by atoms with Gasteiger partial charge in [0.1, 0.15) is 9.48 Å². The number of Topliss-reactive ketones (excluding diaryl/α,β-unsaturated/α-hetero) is 1. The van der Waals surface area contributed by atoms with Gasteiger partial charge >= 0.3 is 0 Å². The highest BCUT2D eigenvalue weighted by atomic mass is 79.9. The zero-order chi connectivity index (χ0) is 8.43. The highest BCUT2D eigenvalue weighted by Crippen LogP contribution is 2.28. The number of ketones is 1. The fourth-order valence-corrected chi connectivity index (χ4v) is 3.40. The van der Waals surface area contributed by atoms with Crippen LogP contribution in [-0.2, 0) is 0 Å². The molecule has 0 spiro atoms. The Hall–Kier alpha value is 0.740. The predicted molar refractivity (Wildman–Crippen MR) is 55.6 cm³/mol. The molecule has 0 saturated heterocycles. The van der Waals surface area contributed by atoms with Gasteiger partial charge in [0, 0.05) is 0 Å². The minimum absolute atomic E-state index is 0.0150. The minimum Gasteiger partial charge on any atom is -0.291 e. The first-order valence-electron chi connectivity index (χ1n) is 2.56. The van der Waals surface area contributed by atoms with E-state index in [1.54, 1.807) is 0 Å². The molecule has 0 radical (unpaired) electrons. The van der Waals surface area contributed by atoms with Crippen LogP contribution in [0.1, 0.15) is 10.5 Å². The number of rotatable bonds is 2. The SMILES string of the molecule is O=C(CBr)c1nc(Br)sc1Br. The van der Waals surface area contributed by atoms with Gasteiger partial charge in [0.25, 0.3) is 0 Å². The fourth-order valence-electron chi connectivity index (χ4n) is 0.512. The molecule has 0 unspecified atom stereocenters. The Kier molecular flexibility index (Phi) is 3.67. The number of halogens is 3. The van der Waals surface area contributed by atoms with Gasteiger partial charge in [0.15, 0.2) is 9.70 Å². The van der Waals surface area contributed by atoms with Crippen molar-refractivity contribution in [3.63, 3.8) is 0 Å². The lowest BCUT2D eigenvalue weighted by atomic mass is 10.4. The highest BCUT2D eigenvalue weighted by Gasteiger charge is 2.13. The molecule has 6 heteroatoms. The first kappa shape index (κ1) is 9.83. The second-order valence-electron chi connectivity index (χ2n) is 1.65. The van der Waals surface area contributed by atoms with E-state index in [0.29, 0.717) is 14.9 Å². The summed E-state index contributed by atoms with van der Waals surface area (Å²) in [7, 11) is 0. The van der Waals surface area contributed by atoms with E-state index in [9.17, 15) is 4.79 Å². The number of carbonyl (C=O) groups excluding carboxylic acids is 1. The number of aromatic nitrogens is 1. The Morgan fingerprint density at radius 1 is 1.55 bits per heavy atom. The Morgan fingerprint density at radius 3 is 2.55 bits per heavy atom. The van der Waals surface area contributed by atoms with Crippen LogP contribution >= 0.6 is 59.1 Å². The van der Waals surface area contributed by atoms with Gasteiger partial charge in [0.05, 0.1) is 5.33 Å². The Balaban J connectivity index is 3.03. The monoisotopic (exact) mass is 361 g/mol. The molecule has 60 valence electrons. The summed E-state index contributed by atoms with van der Waals surface area (Å²) in [5, 5.41) is 0.307. The average molecular weight is 364 g/mol. The zero-order valence-corrected chi connectivity index (χ0v) is 10.7. The molecule has 11 heavy (non-hydrogen) atoms. The number of alkyl halides is 1. The maximum atomic E-state index is 11.1. The summed E-state index contributed by atoms with van der Waals surface area (Å²) >= 11 is 10.9. The number of nitrogens with zero attached hydrogens (tertiary/aromatic N) is 1. The summed E-state index contributed by atoms with van der Waals surface area (Å²) in [6.45, 7) is 0. The van der Waals surface area contributed by atoms with Crippen LogP contribution in [0.5, 0.6) is 0 Å². The summed E-state index contributed by atoms with van der Waals surface area (Å²) in [6.07, 6.45) is 0. The predicted octanol–water partition coefficient (Wildman–Crippen LogP) is 3.25. The van der Waals surface area contributed by atoms with Crippen molar-refractivity contribution < 1.29 is 4.79 Å². The first-order chi connectivity index (χ1) is 5.15. The maximum Gasteiger partial charge on any atom is 0.193 e. The Morgan fingerprint density at radius 2 is 2.18 bits per heavy atom. The largest absolute Gasteiger partial charge is 0.291 e. The molecule has 0 aliphatic rings. The van der Waals surface area contributed by atoms with E-state index in [-0.39, 0.29) is 5.78 Å². The lowest BCUT2D eigenvalue weighted by Gasteiger charge is -1.88. The number of hydrogen-bond acceptors (Lipinski definition) is 3. The molecule has 0 aromatic carbocycles. The molecular formula is C5H2Br3NOS. The second-order valence-corrected chi connectivity index (χ2v) is 5.80. The molecule has 0 fully saturated rings. The highest BCUT2D eigenvalue weighted by molar-refractivity contribution is 9.12. The zero-order valence-electron chi connectivity index (χ0n) is 5.10. The van der Waals surface area contributed by atoms with Crippen LogP contribution in [0.3, 0.4) is 0 Å². The molecule has 0 aliphatic heterocycles. The minimum atomic E-state index is -0.0150. The van der Waals surface area contributed by atoms with E-state index in [2.05, 4.69) is 52.8 Å². The van der Waals surface area contributed by atoms with E-state index in [1.807, 2.05) is 0 Å².